The monoisotopic (exact) mass is 380 g/mol. The van der Waals surface area contributed by atoms with E-state index in [1.807, 2.05) is 28.7 Å². The second-order valence-electron chi connectivity index (χ2n) is 6.19. The molecule has 0 radical (unpaired) electrons. The molecule has 1 amide bonds. The molecule has 0 aliphatic carbocycles. The van der Waals surface area contributed by atoms with Gasteiger partial charge in [-0.1, -0.05) is 18.2 Å². The van der Waals surface area contributed by atoms with Crippen LogP contribution in [0.1, 0.15) is 31.4 Å². The molecule has 1 aromatic heterocycles. The summed E-state index contributed by atoms with van der Waals surface area (Å²) in [5.74, 6) is -0.508. The van der Waals surface area contributed by atoms with Crippen LogP contribution in [0.4, 0.5) is 4.39 Å². The number of rotatable bonds is 5. The summed E-state index contributed by atoms with van der Waals surface area (Å²) in [5.41, 5.74) is 0.865. The van der Waals surface area contributed by atoms with Crippen molar-refractivity contribution in [2.24, 2.45) is 5.92 Å². The number of hydrogen-bond donors (Lipinski definition) is 1. The van der Waals surface area contributed by atoms with Gasteiger partial charge in [0.15, 0.2) is 0 Å². The molecule has 1 aliphatic heterocycles. The number of thiophene rings is 1. The first kappa shape index (κ1) is 18.2. The summed E-state index contributed by atoms with van der Waals surface area (Å²) in [6.45, 7) is 3.11. The molecule has 3 rings (SSSR count). The van der Waals surface area contributed by atoms with Crippen LogP contribution in [0.3, 0.4) is 0 Å². The van der Waals surface area contributed by atoms with Crippen LogP contribution in [0.25, 0.3) is 0 Å². The van der Waals surface area contributed by atoms with Crippen LogP contribution < -0.4 is 5.32 Å². The van der Waals surface area contributed by atoms with E-state index in [1.54, 1.807) is 12.1 Å². The van der Waals surface area contributed by atoms with Crippen LogP contribution in [-0.2, 0) is 15.8 Å². The number of nitrogens with one attached hydrogen (secondary N) is 1. The minimum Gasteiger partial charge on any atom is -0.349 e. The van der Waals surface area contributed by atoms with Gasteiger partial charge >= 0.3 is 0 Å². The number of hydrogen-bond acceptors (Lipinski definition) is 3. The molecule has 4 nitrogen and oxygen atoms in total. The molecule has 25 heavy (non-hydrogen) atoms. The molecular weight excluding hydrogens is 359 g/mol. The summed E-state index contributed by atoms with van der Waals surface area (Å²) in [6, 6.07) is 9.71. The first-order valence-electron chi connectivity index (χ1n) is 8.31. The summed E-state index contributed by atoms with van der Waals surface area (Å²) in [4.78, 5) is 12.6. The molecule has 1 fully saturated rings. The van der Waals surface area contributed by atoms with Crippen molar-refractivity contribution in [1.82, 2.24) is 9.62 Å². The van der Waals surface area contributed by atoms with Gasteiger partial charge in [0.05, 0.1) is 12.0 Å². The van der Waals surface area contributed by atoms with Crippen molar-refractivity contribution in [3.63, 3.8) is 0 Å². The van der Waals surface area contributed by atoms with Gasteiger partial charge in [0.2, 0.25) is 5.91 Å². The fourth-order valence-electron chi connectivity index (χ4n) is 2.96. The van der Waals surface area contributed by atoms with Gasteiger partial charge in [-0.05, 0) is 48.9 Å². The molecule has 1 aliphatic rings. The highest BCUT2D eigenvalue weighted by Crippen LogP contribution is 2.24. The number of piperidine rings is 1. The van der Waals surface area contributed by atoms with Crippen molar-refractivity contribution in [1.29, 1.82) is 0 Å². The van der Waals surface area contributed by atoms with Crippen LogP contribution in [-0.4, -0.2) is 27.5 Å². The van der Waals surface area contributed by atoms with E-state index >= 15 is 0 Å². The zero-order valence-electron chi connectivity index (χ0n) is 14.0. The Bertz CT molecular complexity index is 734. The molecule has 0 saturated carbocycles. The van der Waals surface area contributed by atoms with Gasteiger partial charge in [-0.25, -0.2) is 12.9 Å². The molecule has 134 valence electrons. The van der Waals surface area contributed by atoms with Crippen LogP contribution in [0.2, 0.25) is 0 Å². The largest absolute Gasteiger partial charge is 0.349 e. The molecule has 3 unspecified atom stereocenters. The third-order valence-electron chi connectivity index (χ3n) is 4.39. The molecule has 1 N–H and O–H groups in total. The maximum Gasteiger partial charge on any atom is 0.224 e. The quantitative estimate of drug-likeness (QED) is 0.863. The van der Waals surface area contributed by atoms with Crippen molar-refractivity contribution < 1.29 is 13.4 Å². The number of amides is 1. The second kappa shape index (κ2) is 8.21. The average molecular weight is 381 g/mol. The lowest BCUT2D eigenvalue weighted by Crippen LogP contribution is -2.44. The lowest BCUT2D eigenvalue weighted by atomic mass is 9.98. The third-order valence-corrected chi connectivity index (χ3v) is 7.04. The highest BCUT2D eigenvalue weighted by molar-refractivity contribution is 7.85. The Labute approximate surface area is 153 Å². The predicted molar refractivity (Wildman–Crippen MR) is 98.0 cm³/mol. The van der Waals surface area contributed by atoms with Crippen molar-refractivity contribution in [3.05, 3.63) is 53.2 Å². The summed E-state index contributed by atoms with van der Waals surface area (Å²) >= 11 is 1.47. The van der Waals surface area contributed by atoms with E-state index in [9.17, 15) is 13.4 Å². The van der Waals surface area contributed by atoms with E-state index < -0.39 is 11.0 Å². The molecular formula is C18H21FN2O2S2. The lowest BCUT2D eigenvalue weighted by Gasteiger charge is -2.31. The Kier molecular flexibility index (Phi) is 5.98. The highest BCUT2D eigenvalue weighted by Gasteiger charge is 2.30. The van der Waals surface area contributed by atoms with Gasteiger partial charge in [-0.3, -0.25) is 4.79 Å². The summed E-state index contributed by atoms with van der Waals surface area (Å²) in [5, 5.41) is 4.90. The Morgan fingerprint density at radius 3 is 2.80 bits per heavy atom. The minimum atomic E-state index is -1.20. The average Bonchev–Trinajstić information content (AvgIpc) is 3.16. The molecule has 1 aromatic carbocycles. The fraction of sp³-hybridized carbons (Fsp3) is 0.389. The number of carbonyl (C=O) groups is 1. The topological polar surface area (TPSA) is 49.4 Å². The van der Waals surface area contributed by atoms with Crippen molar-refractivity contribution in [3.8, 4) is 0 Å². The Hall–Kier alpha value is -1.57. The molecule has 3 atom stereocenters. The molecule has 7 heteroatoms. The van der Waals surface area contributed by atoms with E-state index in [2.05, 4.69) is 5.32 Å². The van der Waals surface area contributed by atoms with Gasteiger partial charge in [0.25, 0.3) is 0 Å². The van der Waals surface area contributed by atoms with E-state index in [4.69, 9.17) is 0 Å². The minimum absolute atomic E-state index is 0.0373. The van der Waals surface area contributed by atoms with Crippen LogP contribution in [0.15, 0.2) is 46.0 Å². The molecule has 1 saturated heterocycles. The maximum absolute atomic E-state index is 13.0. The number of nitrogens with zero attached hydrogens (tertiary/aromatic N) is 1. The third kappa shape index (κ3) is 4.54. The predicted octanol–water partition coefficient (Wildman–Crippen LogP) is 3.50. The van der Waals surface area contributed by atoms with Gasteiger partial charge in [0, 0.05) is 13.1 Å². The van der Waals surface area contributed by atoms with Crippen molar-refractivity contribution >= 4 is 28.2 Å². The maximum atomic E-state index is 13.0. The number of benzene rings is 1. The number of carbonyl (C=O) groups excluding carboxylic acids is 1. The highest BCUT2D eigenvalue weighted by atomic mass is 32.2. The summed E-state index contributed by atoms with van der Waals surface area (Å²) in [6.07, 6.45) is 1.64. The standard InChI is InChI=1S/C18H21FN2O2S2/c1-13(14-6-8-16(19)9-7-14)20-18(22)15-4-2-10-21(12-15)25(23)17-5-3-11-24-17/h3,5-9,11,13,15H,2,4,10,12H2,1H3,(H,20,22). The van der Waals surface area contributed by atoms with Gasteiger partial charge in [-0.2, -0.15) is 0 Å². The van der Waals surface area contributed by atoms with Gasteiger partial charge < -0.3 is 5.32 Å². The first-order chi connectivity index (χ1) is 12.0. The smallest absolute Gasteiger partial charge is 0.224 e. The first-order valence-corrected chi connectivity index (χ1v) is 10.3. The SMILES string of the molecule is CC(NC(=O)C1CCCN(S(=O)c2cccs2)C1)c1ccc(F)cc1. The fourth-order valence-corrected chi connectivity index (χ4v) is 5.28. The molecule has 2 heterocycles. The lowest BCUT2D eigenvalue weighted by molar-refractivity contribution is -0.126. The van der Waals surface area contributed by atoms with Gasteiger partial charge in [-0.15, -0.1) is 11.3 Å². The number of halogens is 1. The van der Waals surface area contributed by atoms with Crippen LogP contribution in [0, 0.1) is 11.7 Å². The van der Waals surface area contributed by atoms with E-state index in [0.29, 0.717) is 6.54 Å². The zero-order valence-corrected chi connectivity index (χ0v) is 15.6. The molecule has 2 aromatic rings. The van der Waals surface area contributed by atoms with Crippen molar-refractivity contribution in [2.45, 2.75) is 30.0 Å². The van der Waals surface area contributed by atoms with Gasteiger partial charge in [0.1, 0.15) is 21.0 Å². The molecule has 0 bridgehead atoms. The summed E-state index contributed by atoms with van der Waals surface area (Å²) in [7, 11) is -1.20. The van der Waals surface area contributed by atoms with Crippen LogP contribution >= 0.6 is 11.3 Å². The Balaban J connectivity index is 1.60. The Morgan fingerprint density at radius 2 is 2.12 bits per heavy atom. The normalized spacial score (nSPS) is 20.8. The molecule has 0 spiro atoms. The van der Waals surface area contributed by atoms with Crippen molar-refractivity contribution in [2.75, 3.05) is 13.1 Å². The van der Waals surface area contributed by atoms with E-state index in [1.165, 1.54) is 23.5 Å². The zero-order chi connectivity index (χ0) is 17.8. The van der Waals surface area contributed by atoms with Crippen LogP contribution in [0.5, 0.6) is 0 Å². The Morgan fingerprint density at radius 1 is 1.36 bits per heavy atom. The van der Waals surface area contributed by atoms with E-state index in [-0.39, 0.29) is 23.7 Å². The van der Waals surface area contributed by atoms with E-state index in [0.717, 1.165) is 29.2 Å². The summed E-state index contributed by atoms with van der Waals surface area (Å²) < 4.78 is 28.3. The second-order valence-corrected chi connectivity index (χ2v) is 8.85.